The highest BCUT2D eigenvalue weighted by Crippen LogP contribution is 2.49. The van der Waals surface area contributed by atoms with Gasteiger partial charge in [-0.15, -0.1) is 0 Å². The van der Waals surface area contributed by atoms with Crippen molar-refractivity contribution in [2.24, 2.45) is 10.1 Å². The molecule has 300 valence electrons. The molecule has 1 unspecified atom stereocenters. The van der Waals surface area contributed by atoms with Crippen molar-refractivity contribution in [3.63, 3.8) is 0 Å². The van der Waals surface area contributed by atoms with E-state index in [9.17, 15) is 43.7 Å². The summed E-state index contributed by atoms with van der Waals surface area (Å²) in [6, 6.07) is 6.74. The van der Waals surface area contributed by atoms with E-state index < -0.39 is 64.6 Å². The summed E-state index contributed by atoms with van der Waals surface area (Å²) in [6.07, 6.45) is 3.24. The van der Waals surface area contributed by atoms with Crippen molar-refractivity contribution in [2.45, 2.75) is 76.8 Å². The number of carbonyl (C=O) groups is 1. The number of nitrogens with zero attached hydrogens (tertiary/aromatic N) is 6. The summed E-state index contributed by atoms with van der Waals surface area (Å²) in [5.74, 6) is -1.90. The second kappa shape index (κ2) is 15.8. The van der Waals surface area contributed by atoms with Gasteiger partial charge in [-0.2, -0.15) is 25.3 Å². The largest absolute Gasteiger partial charge is 0.452 e. The monoisotopic (exact) mass is 824 g/mol. The van der Waals surface area contributed by atoms with E-state index in [2.05, 4.69) is 20.2 Å². The van der Waals surface area contributed by atoms with Crippen molar-refractivity contribution >= 4 is 53.2 Å². The molecular formula is C34H46N7O11S3+. The Morgan fingerprint density at radius 2 is 1.75 bits per heavy atom. The van der Waals surface area contributed by atoms with E-state index in [0.29, 0.717) is 77.1 Å². The molecule has 1 amide bonds. The third kappa shape index (κ3) is 10.6. The summed E-state index contributed by atoms with van der Waals surface area (Å²) < 4.78 is 109. The smallest absolute Gasteiger partial charge is 0.269 e. The Morgan fingerprint density at radius 1 is 1.02 bits per heavy atom. The molecule has 18 nitrogen and oxygen atoms in total. The first-order valence-corrected chi connectivity index (χ1v) is 22.5. The highest BCUT2D eigenvalue weighted by Gasteiger charge is 2.41. The lowest BCUT2D eigenvalue weighted by Gasteiger charge is -2.48. The van der Waals surface area contributed by atoms with Crippen LogP contribution in [0.5, 0.6) is 11.5 Å². The number of fused-ring (bicyclic) bond motifs is 4. The first kappa shape index (κ1) is 42.0. The maximum atomic E-state index is 12.6. The summed E-state index contributed by atoms with van der Waals surface area (Å²) in [7, 11) is -13.1. The Kier molecular flexibility index (Phi) is 12.1. The molecule has 55 heavy (non-hydrogen) atoms. The summed E-state index contributed by atoms with van der Waals surface area (Å²) in [5, 5.41) is 7.07. The van der Waals surface area contributed by atoms with E-state index >= 15 is 0 Å². The van der Waals surface area contributed by atoms with Crippen molar-refractivity contribution in [2.75, 3.05) is 48.3 Å². The third-order valence-electron chi connectivity index (χ3n) is 9.85. The number of ether oxygens (including phenoxy) is 1. The lowest BCUT2D eigenvalue weighted by atomic mass is 9.79. The molecule has 0 saturated carbocycles. The molecule has 4 N–H and O–H groups in total. The lowest BCUT2D eigenvalue weighted by Crippen LogP contribution is -2.50. The predicted molar refractivity (Wildman–Crippen MR) is 205 cm³/mol. The first-order chi connectivity index (χ1) is 25.5. The molecule has 3 heterocycles. The second-order valence-electron chi connectivity index (χ2n) is 15.1. The normalized spacial score (nSPS) is 18.3. The van der Waals surface area contributed by atoms with Gasteiger partial charge in [0.15, 0.2) is 17.0 Å². The third-order valence-corrected chi connectivity index (χ3v) is 12.2. The summed E-state index contributed by atoms with van der Waals surface area (Å²) >= 11 is 0. The minimum Gasteiger partial charge on any atom is -0.452 e. The average Bonchev–Trinajstić information content (AvgIpc) is 3.03. The van der Waals surface area contributed by atoms with Gasteiger partial charge in [-0.25, -0.2) is 9.57 Å². The van der Waals surface area contributed by atoms with Crippen LogP contribution in [0.4, 0.5) is 11.4 Å². The molecule has 0 aromatic heterocycles. The predicted octanol–water partition coefficient (Wildman–Crippen LogP) is 3.13. The molecule has 3 aliphatic heterocycles. The van der Waals surface area contributed by atoms with Crippen LogP contribution in [0.25, 0.3) is 16.0 Å². The fourth-order valence-electron chi connectivity index (χ4n) is 7.66. The van der Waals surface area contributed by atoms with Gasteiger partial charge in [-0.3, -0.25) is 18.5 Å². The van der Waals surface area contributed by atoms with Gasteiger partial charge in [0.1, 0.15) is 23.3 Å². The molecular weight excluding hydrogens is 779 g/mol. The van der Waals surface area contributed by atoms with Crippen LogP contribution in [0.2, 0.25) is 0 Å². The molecule has 3 aliphatic rings. The lowest BCUT2D eigenvalue weighted by molar-refractivity contribution is -0.121. The standard InChI is InChI=1S/C34H45N7O11S3/c1-33(2)18-22(20-54(46,47)48)24-14-26-30(16-28(24)40(33)11-5-8-32(42)36-9-6-10-37-39-35)52-31-17-29-25(15-27(31)38-26)23(21-55(49,50)51)19-34(3,4)41(29)12-7-13-53(43,44)45/h14-17,19,22H,5-13,18,20-21H2,1-4H3,(H3-,36,42,43,44,45,46,47,48,49,50,51)/p+1. The van der Waals surface area contributed by atoms with Crippen molar-refractivity contribution in [3.05, 3.63) is 62.6 Å². The van der Waals surface area contributed by atoms with Crippen LogP contribution in [-0.4, -0.2) is 99.3 Å². The Bertz CT molecular complexity index is 2430. The zero-order valence-corrected chi connectivity index (χ0v) is 33.4. The molecule has 2 aromatic carbocycles. The Labute approximate surface area is 319 Å². The van der Waals surface area contributed by atoms with Crippen LogP contribution >= 0.6 is 0 Å². The van der Waals surface area contributed by atoms with Gasteiger partial charge in [0.2, 0.25) is 11.3 Å². The number of carbonyl (C=O) groups excluding carboxylic acids is 1. The van der Waals surface area contributed by atoms with E-state index in [1.807, 2.05) is 18.4 Å². The molecule has 2 aromatic rings. The van der Waals surface area contributed by atoms with Gasteiger partial charge >= 0.3 is 0 Å². The number of azide groups is 1. The maximum absolute atomic E-state index is 12.6. The Balaban J connectivity index is 1.57. The van der Waals surface area contributed by atoms with Crippen molar-refractivity contribution in [3.8, 4) is 11.5 Å². The summed E-state index contributed by atoms with van der Waals surface area (Å²) in [4.78, 5) is 22.2. The van der Waals surface area contributed by atoms with Crippen molar-refractivity contribution in [1.29, 1.82) is 0 Å². The molecule has 0 bridgehead atoms. The number of nitrogens with one attached hydrogen (secondary N) is 1. The molecule has 21 heteroatoms. The number of rotatable bonds is 16. The highest BCUT2D eigenvalue weighted by molar-refractivity contribution is 7.86. The van der Waals surface area contributed by atoms with Crippen LogP contribution in [0.1, 0.15) is 76.8 Å². The quantitative estimate of drug-likeness (QED) is 0.0405. The molecule has 5 rings (SSSR count). The van der Waals surface area contributed by atoms with Gasteiger partial charge in [0.05, 0.1) is 23.1 Å². The molecule has 0 aliphatic carbocycles. The molecule has 0 spiro atoms. The number of hydrogen-bond donors (Lipinski definition) is 4. The van der Waals surface area contributed by atoms with Gasteiger partial charge in [-0.05, 0) is 68.0 Å². The fourth-order valence-corrected chi connectivity index (χ4v) is 9.60. The fraction of sp³-hybridized carbons (Fsp3) is 0.559. The van der Waals surface area contributed by atoms with Gasteiger partial charge < -0.3 is 15.0 Å². The summed E-state index contributed by atoms with van der Waals surface area (Å²) in [5.41, 5.74) is 9.24. The highest BCUT2D eigenvalue weighted by atomic mass is 32.2. The zero-order chi connectivity index (χ0) is 40.6. The van der Waals surface area contributed by atoms with Gasteiger partial charge in [-0.1, -0.05) is 5.11 Å². The number of anilines is 1. The number of amides is 1. The van der Waals surface area contributed by atoms with E-state index in [-0.39, 0.29) is 37.4 Å². The molecule has 0 radical (unpaired) electrons. The van der Waals surface area contributed by atoms with Crippen LogP contribution in [0.15, 0.2) is 40.4 Å². The van der Waals surface area contributed by atoms with Crippen molar-refractivity contribution < 1.29 is 48.4 Å². The van der Waals surface area contributed by atoms with Gasteiger partial charge in [0, 0.05) is 74.4 Å². The summed E-state index contributed by atoms with van der Waals surface area (Å²) in [6.45, 7) is 8.71. The number of hydrogen-bond acceptors (Lipinski definition) is 11. The Hall–Kier alpha value is -4.11. The van der Waals surface area contributed by atoms with E-state index in [1.165, 1.54) is 0 Å². The number of benzene rings is 2. The van der Waals surface area contributed by atoms with Crippen LogP contribution in [0.3, 0.4) is 0 Å². The van der Waals surface area contributed by atoms with E-state index in [4.69, 9.17) is 15.3 Å². The minimum absolute atomic E-state index is 0.0515. The topological polar surface area (TPSA) is 269 Å². The molecule has 1 atom stereocenters. The van der Waals surface area contributed by atoms with Gasteiger partial charge in [0.25, 0.3) is 30.4 Å². The van der Waals surface area contributed by atoms with Crippen LogP contribution in [0, 0.1) is 0 Å². The Morgan fingerprint density at radius 3 is 2.40 bits per heavy atom. The second-order valence-corrected chi connectivity index (χ2v) is 19.7. The average molecular weight is 825 g/mol. The molecule has 0 saturated heterocycles. The van der Waals surface area contributed by atoms with Crippen molar-refractivity contribution in [1.82, 2.24) is 9.89 Å². The maximum Gasteiger partial charge on any atom is 0.269 e. The van der Waals surface area contributed by atoms with E-state index in [0.717, 1.165) is 0 Å². The van der Waals surface area contributed by atoms with Crippen LogP contribution < -0.4 is 30.2 Å². The SMILES string of the molecule is CC1(C)CC(CS(=O)(=O)O)c2cc3c(cc2N1CCCC(=O)NCCCN=[N+]=[N-])Oc1cc2c(cc1=N3)C(CS(=O)(=O)O)=CC(C)(C)[N+]=2CCCS(=O)(=O)O. The first-order valence-electron chi connectivity index (χ1n) is 17.6. The van der Waals surface area contributed by atoms with Crippen LogP contribution in [-0.2, 0) is 35.1 Å². The van der Waals surface area contributed by atoms with E-state index in [1.54, 1.807) is 44.2 Å². The minimum atomic E-state index is -4.48. The molecule has 0 fully saturated rings. The zero-order valence-electron chi connectivity index (χ0n) is 31.0.